The largest absolute Gasteiger partial charge is 0.490 e. The van der Waals surface area contributed by atoms with Crippen LogP contribution in [0.15, 0.2) is 29.1 Å². The third-order valence-corrected chi connectivity index (χ3v) is 5.99. The van der Waals surface area contributed by atoms with Crippen LogP contribution in [0.5, 0.6) is 17.2 Å². The van der Waals surface area contributed by atoms with Crippen LogP contribution in [0.25, 0.3) is 0 Å². The molecular weight excluding hydrogens is 372 g/mol. The first-order chi connectivity index (χ1) is 14.2. The van der Waals surface area contributed by atoms with Crippen molar-refractivity contribution in [2.75, 3.05) is 6.79 Å². The number of fused-ring (bicyclic) bond motifs is 2. The number of hydrogen-bond acceptors (Lipinski definition) is 5. The summed E-state index contributed by atoms with van der Waals surface area (Å²) in [6, 6.07) is 7.44. The van der Waals surface area contributed by atoms with Gasteiger partial charge in [-0.05, 0) is 68.7 Å². The van der Waals surface area contributed by atoms with Crippen molar-refractivity contribution in [2.45, 2.75) is 57.1 Å². The van der Waals surface area contributed by atoms with Crippen molar-refractivity contribution >= 4 is 5.91 Å². The number of hydrogen-bond donors (Lipinski definition) is 2. The quantitative estimate of drug-likeness (QED) is 0.829. The molecule has 2 aromatic rings. The number of ether oxygens (including phenoxy) is 3. The molecule has 0 spiro atoms. The summed E-state index contributed by atoms with van der Waals surface area (Å²) in [5.74, 6) is 1.95. The molecule has 3 aliphatic rings. The summed E-state index contributed by atoms with van der Waals surface area (Å²) >= 11 is 0. The monoisotopic (exact) mass is 396 g/mol. The fourth-order valence-electron chi connectivity index (χ4n) is 4.41. The van der Waals surface area contributed by atoms with Crippen molar-refractivity contribution in [2.24, 2.45) is 0 Å². The molecule has 0 unspecified atom stereocenters. The molecule has 1 aromatic heterocycles. The number of carbonyl (C=O) groups excluding carboxylic acids is 1. The van der Waals surface area contributed by atoms with E-state index < -0.39 is 0 Å². The summed E-state index contributed by atoms with van der Waals surface area (Å²) < 4.78 is 16.8. The number of benzene rings is 1. The number of pyridine rings is 1. The molecule has 0 radical (unpaired) electrons. The molecule has 1 aliphatic heterocycles. The van der Waals surface area contributed by atoms with Gasteiger partial charge in [-0.25, -0.2) is 0 Å². The Morgan fingerprint density at radius 2 is 1.90 bits per heavy atom. The number of H-pyrrole nitrogens is 1. The zero-order valence-corrected chi connectivity index (χ0v) is 16.2. The average Bonchev–Trinajstić information content (AvgIpc) is 3.37. The van der Waals surface area contributed by atoms with Gasteiger partial charge in [-0.2, -0.15) is 0 Å². The summed E-state index contributed by atoms with van der Waals surface area (Å²) in [4.78, 5) is 27.7. The van der Waals surface area contributed by atoms with E-state index >= 15 is 0 Å². The molecule has 152 valence electrons. The number of amides is 1. The van der Waals surface area contributed by atoms with Crippen molar-refractivity contribution in [3.05, 3.63) is 51.4 Å². The maximum absolute atomic E-state index is 12.6. The second-order valence-corrected chi connectivity index (χ2v) is 7.95. The van der Waals surface area contributed by atoms with Gasteiger partial charge in [0.25, 0.3) is 11.5 Å². The first-order valence-electron chi connectivity index (χ1n) is 10.3. The third kappa shape index (κ3) is 3.69. The lowest BCUT2D eigenvalue weighted by atomic mass is 9.92. The predicted molar refractivity (Wildman–Crippen MR) is 106 cm³/mol. The number of aryl methyl sites for hydroxylation is 2. The molecule has 2 N–H and O–H groups in total. The van der Waals surface area contributed by atoms with E-state index in [9.17, 15) is 9.59 Å². The molecule has 29 heavy (non-hydrogen) atoms. The molecule has 7 heteroatoms. The van der Waals surface area contributed by atoms with Crippen molar-refractivity contribution in [3.8, 4) is 17.2 Å². The van der Waals surface area contributed by atoms with Gasteiger partial charge in [0.1, 0.15) is 11.3 Å². The minimum Gasteiger partial charge on any atom is -0.490 e. The number of carbonyl (C=O) groups is 1. The first-order valence-corrected chi connectivity index (χ1v) is 10.3. The Hall–Kier alpha value is -2.96. The van der Waals surface area contributed by atoms with Gasteiger partial charge < -0.3 is 24.5 Å². The van der Waals surface area contributed by atoms with Crippen LogP contribution in [-0.2, 0) is 12.8 Å². The molecule has 1 saturated carbocycles. The summed E-state index contributed by atoms with van der Waals surface area (Å²) in [5, 5.41) is 3.03. The molecule has 1 aromatic carbocycles. The third-order valence-electron chi connectivity index (χ3n) is 5.99. The summed E-state index contributed by atoms with van der Waals surface area (Å²) in [6.45, 7) is 0.247. The van der Waals surface area contributed by atoms with Gasteiger partial charge >= 0.3 is 0 Å². The van der Waals surface area contributed by atoms with E-state index in [0.29, 0.717) is 5.75 Å². The van der Waals surface area contributed by atoms with Crippen LogP contribution in [0.1, 0.15) is 53.7 Å². The van der Waals surface area contributed by atoms with Crippen LogP contribution in [0.3, 0.4) is 0 Å². The molecule has 1 fully saturated rings. The average molecular weight is 396 g/mol. The van der Waals surface area contributed by atoms with E-state index in [0.717, 1.165) is 67.7 Å². The van der Waals surface area contributed by atoms with Gasteiger partial charge in [-0.3, -0.25) is 9.59 Å². The van der Waals surface area contributed by atoms with Gasteiger partial charge in [0.05, 0.1) is 6.10 Å². The highest BCUT2D eigenvalue weighted by Gasteiger charge is 2.26. The molecule has 1 amide bonds. The van der Waals surface area contributed by atoms with Crippen molar-refractivity contribution < 1.29 is 19.0 Å². The number of nitrogens with one attached hydrogen (secondary N) is 2. The lowest BCUT2D eigenvalue weighted by molar-refractivity contribution is 0.0892. The Morgan fingerprint density at radius 1 is 1.07 bits per heavy atom. The molecule has 2 aliphatic carbocycles. The fraction of sp³-hybridized carbons (Fsp3) is 0.455. The summed E-state index contributed by atoms with van der Waals surface area (Å²) in [6.07, 6.45) is 6.29. The van der Waals surface area contributed by atoms with E-state index in [2.05, 4.69) is 10.3 Å². The zero-order chi connectivity index (χ0) is 19.8. The molecule has 5 rings (SSSR count). The first kappa shape index (κ1) is 18.1. The smallest absolute Gasteiger partial charge is 0.261 e. The Kier molecular flexibility index (Phi) is 4.66. The van der Waals surface area contributed by atoms with E-state index in [1.165, 1.54) is 0 Å². The van der Waals surface area contributed by atoms with E-state index in [-0.39, 0.29) is 36.0 Å². The minimum atomic E-state index is -0.289. The van der Waals surface area contributed by atoms with Gasteiger partial charge in [0, 0.05) is 17.8 Å². The van der Waals surface area contributed by atoms with Gasteiger partial charge in [-0.15, -0.1) is 0 Å². The maximum Gasteiger partial charge on any atom is 0.261 e. The number of aromatic nitrogens is 1. The molecular formula is C22H24N2O5. The standard InChI is InChI=1S/C22H24N2O5/c25-21(17-10-13-2-1-3-18(13)24-22(17)26)23-14-4-6-15(7-5-14)29-16-8-9-19-20(11-16)28-12-27-19/h8-11,14-15H,1-7,12H2,(H,23,25)(H,24,26). The molecule has 0 bridgehead atoms. The SMILES string of the molecule is O=C(NC1CCC(Oc2ccc3c(c2)OCO3)CC1)c1cc2c([nH]c1=O)CCC2. The highest BCUT2D eigenvalue weighted by molar-refractivity contribution is 5.94. The molecule has 0 saturated heterocycles. The van der Waals surface area contributed by atoms with Crippen molar-refractivity contribution in [3.63, 3.8) is 0 Å². The molecule has 2 heterocycles. The Morgan fingerprint density at radius 3 is 2.76 bits per heavy atom. The minimum absolute atomic E-state index is 0.0618. The van der Waals surface area contributed by atoms with Crippen LogP contribution < -0.4 is 25.1 Å². The van der Waals surface area contributed by atoms with Crippen LogP contribution in [-0.4, -0.2) is 29.8 Å². The number of rotatable bonds is 4. The second kappa shape index (κ2) is 7.46. The van der Waals surface area contributed by atoms with Crippen LogP contribution >= 0.6 is 0 Å². The van der Waals surface area contributed by atoms with Gasteiger partial charge in [-0.1, -0.05) is 0 Å². The highest BCUT2D eigenvalue weighted by Crippen LogP contribution is 2.36. The lowest BCUT2D eigenvalue weighted by Gasteiger charge is -2.29. The van der Waals surface area contributed by atoms with E-state index in [1.54, 1.807) is 6.07 Å². The highest BCUT2D eigenvalue weighted by atomic mass is 16.7. The zero-order valence-electron chi connectivity index (χ0n) is 16.2. The summed E-state index contributed by atoms with van der Waals surface area (Å²) in [7, 11) is 0. The summed E-state index contributed by atoms with van der Waals surface area (Å²) in [5.41, 5.74) is 2.01. The van der Waals surface area contributed by atoms with E-state index in [4.69, 9.17) is 14.2 Å². The van der Waals surface area contributed by atoms with Crippen LogP contribution in [0.4, 0.5) is 0 Å². The molecule has 7 nitrogen and oxygen atoms in total. The van der Waals surface area contributed by atoms with Crippen LogP contribution in [0, 0.1) is 0 Å². The number of aromatic amines is 1. The van der Waals surface area contributed by atoms with Crippen LogP contribution in [0.2, 0.25) is 0 Å². The molecule has 0 atom stereocenters. The second-order valence-electron chi connectivity index (χ2n) is 7.95. The topological polar surface area (TPSA) is 89.7 Å². The van der Waals surface area contributed by atoms with Gasteiger partial charge in [0.2, 0.25) is 6.79 Å². The Labute approximate surface area is 168 Å². The maximum atomic E-state index is 12.6. The van der Waals surface area contributed by atoms with Crippen molar-refractivity contribution in [1.82, 2.24) is 10.3 Å². The predicted octanol–water partition coefficient (Wildman–Crippen LogP) is 2.71. The lowest BCUT2D eigenvalue weighted by Crippen LogP contribution is -2.41. The Bertz CT molecular complexity index is 991. The Balaban J connectivity index is 1.16. The van der Waals surface area contributed by atoms with E-state index in [1.807, 2.05) is 18.2 Å². The van der Waals surface area contributed by atoms with Crippen molar-refractivity contribution in [1.29, 1.82) is 0 Å². The fourth-order valence-corrected chi connectivity index (χ4v) is 4.41. The normalized spacial score (nSPS) is 22.2. The van der Waals surface area contributed by atoms with Gasteiger partial charge in [0.15, 0.2) is 11.5 Å².